The average molecular weight is 364 g/mol. The number of nitrogens with one attached hydrogen (secondary N) is 1. The van der Waals surface area contributed by atoms with E-state index in [-0.39, 0.29) is 12.3 Å². The summed E-state index contributed by atoms with van der Waals surface area (Å²) in [4.78, 5) is 26.6. The first-order valence-corrected chi connectivity index (χ1v) is 8.64. The van der Waals surface area contributed by atoms with Crippen LogP contribution in [0, 0.1) is 11.3 Å². The molecule has 5 nitrogen and oxygen atoms in total. The third-order valence-corrected chi connectivity index (χ3v) is 3.62. The lowest BCUT2D eigenvalue weighted by Crippen LogP contribution is -2.09. The molecule has 0 amide bonds. The molecule has 2 aromatic rings. The Balaban J connectivity index is 0.000000646. The van der Waals surface area contributed by atoms with E-state index in [1.54, 1.807) is 6.08 Å². The number of aromatic nitrogens is 1. The maximum absolute atomic E-state index is 12.4. The first kappa shape index (κ1) is 21.7. The number of hydrogen-bond acceptors (Lipinski definition) is 4. The SMILES string of the molecule is C/C=C/c1[nH]c(C=O)c(C(=O)OCc2ccccc2)c1CC.C=CCC#N. The zero-order valence-corrected chi connectivity index (χ0v) is 15.7. The normalized spacial score (nSPS) is 9.81. The summed E-state index contributed by atoms with van der Waals surface area (Å²) in [6.07, 6.45) is 7.03. The monoisotopic (exact) mass is 364 g/mol. The molecule has 0 radical (unpaired) electrons. The van der Waals surface area contributed by atoms with E-state index < -0.39 is 5.97 Å². The lowest BCUT2D eigenvalue weighted by Gasteiger charge is -2.06. The van der Waals surface area contributed by atoms with Gasteiger partial charge in [0.15, 0.2) is 6.29 Å². The van der Waals surface area contributed by atoms with Gasteiger partial charge in [-0.15, -0.1) is 6.58 Å². The number of nitriles is 1. The van der Waals surface area contributed by atoms with Crippen molar-refractivity contribution in [1.82, 2.24) is 4.98 Å². The smallest absolute Gasteiger partial charge is 0.341 e. The van der Waals surface area contributed by atoms with Crippen LogP contribution >= 0.6 is 0 Å². The quantitative estimate of drug-likeness (QED) is 0.432. The second kappa shape index (κ2) is 12.0. The molecule has 0 spiro atoms. The number of carbonyl (C=O) groups excluding carboxylic acids is 2. The Morgan fingerprint density at radius 2 is 2.00 bits per heavy atom. The fourth-order valence-corrected chi connectivity index (χ4v) is 2.44. The third kappa shape index (κ3) is 6.44. The molecule has 0 atom stereocenters. The lowest BCUT2D eigenvalue weighted by molar-refractivity contribution is 0.0469. The highest BCUT2D eigenvalue weighted by molar-refractivity contribution is 6.00. The van der Waals surface area contributed by atoms with E-state index in [1.807, 2.05) is 62.4 Å². The van der Waals surface area contributed by atoms with Crippen molar-refractivity contribution >= 4 is 18.3 Å². The van der Waals surface area contributed by atoms with E-state index >= 15 is 0 Å². The van der Waals surface area contributed by atoms with Gasteiger partial charge in [-0.2, -0.15) is 5.26 Å². The van der Waals surface area contributed by atoms with Gasteiger partial charge in [0.2, 0.25) is 0 Å². The first-order chi connectivity index (χ1) is 13.1. The molecule has 0 saturated heterocycles. The summed E-state index contributed by atoms with van der Waals surface area (Å²) < 4.78 is 5.35. The molecule has 1 aromatic heterocycles. The van der Waals surface area contributed by atoms with Gasteiger partial charge in [0.05, 0.1) is 23.7 Å². The van der Waals surface area contributed by atoms with E-state index in [0.717, 1.165) is 16.8 Å². The standard InChI is InChI=1S/C18H19NO3.C4H5N/c1-3-8-15-14(4-2)17(16(11-20)19-15)18(21)22-12-13-9-6-5-7-10-13;1-2-3-4-5/h3,5-11,19H,4,12H2,1-2H3;2H,1,3H2/b8-3+;. The predicted octanol–water partition coefficient (Wildman–Crippen LogP) is 4.87. The summed E-state index contributed by atoms with van der Waals surface area (Å²) in [5.74, 6) is -0.477. The van der Waals surface area contributed by atoms with Gasteiger partial charge in [-0.3, -0.25) is 4.79 Å². The zero-order chi connectivity index (χ0) is 20.1. The molecule has 140 valence electrons. The molecule has 0 bridgehead atoms. The summed E-state index contributed by atoms with van der Waals surface area (Å²) >= 11 is 0. The Kier molecular flexibility index (Phi) is 9.66. The highest BCUT2D eigenvalue weighted by Crippen LogP contribution is 2.22. The fraction of sp³-hybridized carbons (Fsp3) is 0.227. The topological polar surface area (TPSA) is 82.9 Å². The van der Waals surface area contributed by atoms with E-state index in [4.69, 9.17) is 10.00 Å². The molecule has 0 unspecified atom stereocenters. The largest absolute Gasteiger partial charge is 0.457 e. The molecule has 2 rings (SSSR count). The molecule has 5 heteroatoms. The Morgan fingerprint density at radius 3 is 2.48 bits per heavy atom. The molecule has 0 fully saturated rings. The number of allylic oxidation sites excluding steroid dienone is 2. The van der Waals surface area contributed by atoms with Gasteiger partial charge in [-0.05, 0) is 30.5 Å². The minimum Gasteiger partial charge on any atom is -0.457 e. The number of H-pyrrole nitrogens is 1. The Labute approximate surface area is 160 Å². The minimum atomic E-state index is -0.477. The van der Waals surface area contributed by atoms with Crippen molar-refractivity contribution in [3.63, 3.8) is 0 Å². The zero-order valence-electron chi connectivity index (χ0n) is 15.7. The molecule has 0 aliphatic heterocycles. The van der Waals surface area contributed by atoms with Crippen molar-refractivity contribution < 1.29 is 14.3 Å². The summed E-state index contributed by atoms with van der Waals surface area (Å²) in [6.45, 7) is 7.34. The van der Waals surface area contributed by atoms with E-state index in [9.17, 15) is 9.59 Å². The molecule has 27 heavy (non-hydrogen) atoms. The second-order valence-electron chi connectivity index (χ2n) is 5.49. The number of hydrogen-bond donors (Lipinski definition) is 1. The molecule has 0 saturated carbocycles. The van der Waals surface area contributed by atoms with E-state index in [2.05, 4.69) is 11.6 Å². The van der Waals surface area contributed by atoms with Crippen molar-refractivity contribution in [1.29, 1.82) is 5.26 Å². The average Bonchev–Trinajstić information content (AvgIpc) is 3.06. The highest BCUT2D eigenvalue weighted by Gasteiger charge is 2.22. The molecular weight excluding hydrogens is 340 g/mol. The Hall–Kier alpha value is -3.39. The number of nitrogens with zero attached hydrogens (tertiary/aromatic N) is 1. The van der Waals surface area contributed by atoms with Gasteiger partial charge in [-0.1, -0.05) is 49.4 Å². The fourth-order valence-electron chi connectivity index (χ4n) is 2.44. The summed E-state index contributed by atoms with van der Waals surface area (Å²) in [7, 11) is 0. The molecule has 1 aromatic carbocycles. The summed E-state index contributed by atoms with van der Waals surface area (Å²) in [5.41, 5.74) is 3.09. The molecule has 1 heterocycles. The number of carbonyl (C=O) groups is 2. The van der Waals surface area contributed by atoms with Gasteiger partial charge < -0.3 is 9.72 Å². The number of benzene rings is 1. The van der Waals surface area contributed by atoms with Crippen LogP contribution in [0.1, 0.15) is 57.9 Å². The second-order valence-corrected chi connectivity index (χ2v) is 5.49. The minimum absolute atomic E-state index is 0.186. The number of aromatic amines is 1. The number of rotatable bonds is 7. The van der Waals surface area contributed by atoms with Gasteiger partial charge in [-0.25, -0.2) is 4.79 Å². The van der Waals surface area contributed by atoms with Crippen molar-refractivity contribution in [2.45, 2.75) is 33.3 Å². The molecule has 1 N–H and O–H groups in total. The summed E-state index contributed by atoms with van der Waals surface area (Å²) in [5, 5.41) is 7.74. The van der Waals surface area contributed by atoms with Crippen LogP contribution < -0.4 is 0 Å². The number of aldehydes is 1. The van der Waals surface area contributed by atoms with Crippen LogP contribution in [-0.4, -0.2) is 17.2 Å². The van der Waals surface area contributed by atoms with Crippen LogP contribution in [-0.2, 0) is 17.8 Å². The van der Waals surface area contributed by atoms with Gasteiger partial charge in [0.25, 0.3) is 0 Å². The predicted molar refractivity (Wildman–Crippen MR) is 106 cm³/mol. The van der Waals surface area contributed by atoms with Crippen LogP contribution in [0.25, 0.3) is 6.08 Å². The number of ether oxygens (including phenoxy) is 1. The van der Waals surface area contributed by atoms with Crippen molar-refractivity contribution in [3.05, 3.63) is 77.1 Å². The van der Waals surface area contributed by atoms with Crippen LogP contribution in [0.15, 0.2) is 49.1 Å². The molecule has 0 aliphatic carbocycles. The van der Waals surface area contributed by atoms with Crippen molar-refractivity contribution in [3.8, 4) is 6.07 Å². The van der Waals surface area contributed by atoms with Crippen LogP contribution in [0.2, 0.25) is 0 Å². The lowest BCUT2D eigenvalue weighted by atomic mass is 10.1. The van der Waals surface area contributed by atoms with E-state index in [1.165, 1.54) is 0 Å². The van der Waals surface area contributed by atoms with E-state index in [0.29, 0.717) is 24.7 Å². The van der Waals surface area contributed by atoms with Crippen LogP contribution in [0.3, 0.4) is 0 Å². The Morgan fingerprint density at radius 1 is 1.30 bits per heavy atom. The highest BCUT2D eigenvalue weighted by atomic mass is 16.5. The maximum Gasteiger partial charge on any atom is 0.341 e. The van der Waals surface area contributed by atoms with Crippen LogP contribution in [0.4, 0.5) is 0 Å². The molecule has 0 aliphatic rings. The molecular formula is C22H24N2O3. The van der Waals surface area contributed by atoms with Crippen LogP contribution in [0.5, 0.6) is 0 Å². The van der Waals surface area contributed by atoms with Gasteiger partial charge in [0, 0.05) is 5.69 Å². The van der Waals surface area contributed by atoms with Gasteiger partial charge >= 0.3 is 5.97 Å². The van der Waals surface area contributed by atoms with Crippen molar-refractivity contribution in [2.75, 3.05) is 0 Å². The van der Waals surface area contributed by atoms with Crippen molar-refractivity contribution in [2.24, 2.45) is 0 Å². The Bertz CT molecular complexity index is 827. The van der Waals surface area contributed by atoms with Gasteiger partial charge in [0.1, 0.15) is 6.61 Å². The first-order valence-electron chi connectivity index (χ1n) is 8.64. The summed E-state index contributed by atoms with van der Waals surface area (Å²) in [6, 6.07) is 11.3. The third-order valence-electron chi connectivity index (χ3n) is 3.62. The number of esters is 1. The maximum atomic E-state index is 12.4.